The van der Waals surface area contributed by atoms with Gasteiger partial charge >= 0.3 is 0 Å². The van der Waals surface area contributed by atoms with Gasteiger partial charge in [0.25, 0.3) is 5.91 Å². The second kappa shape index (κ2) is 6.93. The first kappa shape index (κ1) is 16.5. The smallest absolute Gasteiger partial charge is 0.261 e. The highest BCUT2D eigenvalue weighted by Crippen LogP contribution is 2.33. The average Bonchev–Trinajstić information content (AvgIpc) is 2.87. The summed E-state index contributed by atoms with van der Waals surface area (Å²) in [5.41, 5.74) is 0.553. The second-order valence-electron chi connectivity index (χ2n) is 6.51. The Balaban J connectivity index is 1.96. The van der Waals surface area contributed by atoms with Crippen LogP contribution >= 0.6 is 11.3 Å². The molecule has 2 N–H and O–H groups in total. The number of aryl methyl sites for hydroxylation is 1. The van der Waals surface area contributed by atoms with Crippen LogP contribution in [-0.2, 0) is 12.8 Å². The second-order valence-corrected chi connectivity index (χ2v) is 7.64. The van der Waals surface area contributed by atoms with E-state index in [1.807, 2.05) is 6.92 Å². The van der Waals surface area contributed by atoms with E-state index in [0.29, 0.717) is 13.0 Å². The van der Waals surface area contributed by atoms with E-state index in [9.17, 15) is 9.90 Å². The summed E-state index contributed by atoms with van der Waals surface area (Å²) in [7, 11) is 0. The standard InChI is InChI=1S/C17H27NO2S/c1-4-8-17(3,20)11-18-16(19)15-10-13-9-12(5-2)6-7-14(13)21-15/h10,12,20H,4-9,11H2,1-3H3,(H,18,19). The molecule has 0 aromatic carbocycles. The third kappa shape index (κ3) is 4.30. The topological polar surface area (TPSA) is 49.3 Å². The maximum atomic E-state index is 12.3. The number of fused-ring (bicyclic) bond motifs is 1. The molecular weight excluding hydrogens is 282 g/mol. The van der Waals surface area contributed by atoms with Gasteiger partial charge in [-0.3, -0.25) is 4.79 Å². The lowest BCUT2D eigenvalue weighted by atomic mass is 9.87. The van der Waals surface area contributed by atoms with Crippen LogP contribution in [0, 0.1) is 5.92 Å². The molecule has 0 spiro atoms. The summed E-state index contributed by atoms with van der Waals surface area (Å²) in [5.74, 6) is 0.729. The van der Waals surface area contributed by atoms with Crippen LogP contribution in [0.4, 0.5) is 0 Å². The quantitative estimate of drug-likeness (QED) is 0.844. The molecule has 4 heteroatoms. The fourth-order valence-electron chi connectivity index (χ4n) is 3.04. The van der Waals surface area contributed by atoms with E-state index in [0.717, 1.165) is 30.1 Å². The zero-order valence-electron chi connectivity index (χ0n) is 13.4. The van der Waals surface area contributed by atoms with Gasteiger partial charge in [-0.15, -0.1) is 11.3 Å². The molecule has 21 heavy (non-hydrogen) atoms. The summed E-state index contributed by atoms with van der Waals surface area (Å²) >= 11 is 1.63. The van der Waals surface area contributed by atoms with Gasteiger partial charge in [0, 0.05) is 11.4 Å². The first-order valence-corrected chi connectivity index (χ1v) is 8.89. The maximum Gasteiger partial charge on any atom is 0.261 e. The zero-order valence-corrected chi connectivity index (χ0v) is 14.2. The van der Waals surface area contributed by atoms with Crippen molar-refractivity contribution in [3.8, 4) is 0 Å². The van der Waals surface area contributed by atoms with Crippen molar-refractivity contribution in [2.45, 2.75) is 64.9 Å². The minimum atomic E-state index is -0.811. The van der Waals surface area contributed by atoms with Crippen LogP contribution < -0.4 is 5.32 Å². The SMILES string of the molecule is CCCC(C)(O)CNC(=O)c1cc2c(s1)CCC(CC)C2. The normalized spacial score (nSPS) is 20.7. The molecule has 118 valence electrons. The van der Waals surface area contributed by atoms with Gasteiger partial charge in [0.1, 0.15) is 0 Å². The Morgan fingerprint density at radius 2 is 2.29 bits per heavy atom. The van der Waals surface area contributed by atoms with Crippen molar-refractivity contribution in [1.29, 1.82) is 0 Å². The Kier molecular flexibility index (Phi) is 5.44. The van der Waals surface area contributed by atoms with Crippen molar-refractivity contribution in [3.63, 3.8) is 0 Å². The summed E-state index contributed by atoms with van der Waals surface area (Å²) < 4.78 is 0. The summed E-state index contributed by atoms with van der Waals surface area (Å²) in [6.07, 6.45) is 6.30. The fourth-order valence-corrected chi connectivity index (χ4v) is 4.17. The largest absolute Gasteiger partial charge is 0.388 e. The molecule has 1 aliphatic carbocycles. The van der Waals surface area contributed by atoms with Crippen LogP contribution in [0.5, 0.6) is 0 Å². The van der Waals surface area contributed by atoms with Gasteiger partial charge in [-0.1, -0.05) is 26.7 Å². The minimum absolute atomic E-state index is 0.0428. The Bertz CT molecular complexity index is 493. The molecule has 2 unspecified atom stereocenters. The number of nitrogens with one attached hydrogen (secondary N) is 1. The van der Waals surface area contributed by atoms with Gasteiger partial charge < -0.3 is 10.4 Å². The molecule has 1 amide bonds. The molecule has 0 saturated heterocycles. The molecule has 0 aliphatic heterocycles. The summed E-state index contributed by atoms with van der Waals surface area (Å²) in [5, 5.41) is 13.0. The Hall–Kier alpha value is -0.870. The highest BCUT2D eigenvalue weighted by molar-refractivity contribution is 7.14. The minimum Gasteiger partial charge on any atom is -0.388 e. The number of amides is 1. The molecule has 0 saturated carbocycles. The molecule has 2 atom stereocenters. The van der Waals surface area contributed by atoms with Crippen molar-refractivity contribution in [1.82, 2.24) is 5.32 Å². The predicted octanol–water partition coefficient (Wildman–Crippen LogP) is 3.54. The lowest BCUT2D eigenvalue weighted by Gasteiger charge is -2.22. The number of hydrogen-bond donors (Lipinski definition) is 2. The average molecular weight is 309 g/mol. The maximum absolute atomic E-state index is 12.3. The van der Waals surface area contributed by atoms with Crippen LogP contribution in [-0.4, -0.2) is 23.2 Å². The van der Waals surface area contributed by atoms with Gasteiger partial charge in [0.05, 0.1) is 10.5 Å². The van der Waals surface area contributed by atoms with Crippen molar-refractivity contribution in [3.05, 3.63) is 21.4 Å². The van der Waals surface area contributed by atoms with Crippen molar-refractivity contribution in [2.24, 2.45) is 5.92 Å². The molecular formula is C17H27NO2S. The van der Waals surface area contributed by atoms with Crippen molar-refractivity contribution in [2.75, 3.05) is 6.54 Å². The van der Waals surface area contributed by atoms with Crippen LogP contribution in [0.2, 0.25) is 0 Å². The third-order valence-electron chi connectivity index (χ3n) is 4.40. The number of carbonyl (C=O) groups excluding carboxylic acids is 1. The Morgan fingerprint density at radius 3 is 2.95 bits per heavy atom. The number of thiophene rings is 1. The first-order chi connectivity index (χ1) is 9.95. The Labute approximate surface area is 131 Å². The number of rotatable bonds is 6. The number of aliphatic hydroxyl groups is 1. The highest BCUT2D eigenvalue weighted by atomic mass is 32.1. The molecule has 2 rings (SSSR count). The van der Waals surface area contributed by atoms with Crippen LogP contribution in [0.15, 0.2) is 6.07 Å². The van der Waals surface area contributed by atoms with Gasteiger partial charge in [-0.25, -0.2) is 0 Å². The molecule has 0 radical (unpaired) electrons. The van der Waals surface area contributed by atoms with Gasteiger partial charge in [-0.2, -0.15) is 0 Å². The fraction of sp³-hybridized carbons (Fsp3) is 0.706. The summed E-state index contributed by atoms with van der Waals surface area (Å²) in [6, 6.07) is 2.06. The van der Waals surface area contributed by atoms with E-state index in [-0.39, 0.29) is 5.91 Å². The molecule has 1 aliphatic rings. The molecule has 1 aromatic heterocycles. The zero-order chi connectivity index (χ0) is 15.5. The van der Waals surface area contributed by atoms with Gasteiger partial charge in [0.15, 0.2) is 0 Å². The highest BCUT2D eigenvalue weighted by Gasteiger charge is 2.24. The van der Waals surface area contributed by atoms with Crippen LogP contribution in [0.3, 0.4) is 0 Å². The summed E-state index contributed by atoms with van der Waals surface area (Å²) in [6.45, 7) is 6.38. The predicted molar refractivity (Wildman–Crippen MR) is 88.0 cm³/mol. The van der Waals surface area contributed by atoms with Crippen LogP contribution in [0.1, 0.15) is 66.6 Å². The number of hydrogen-bond acceptors (Lipinski definition) is 3. The third-order valence-corrected chi connectivity index (χ3v) is 5.64. The Morgan fingerprint density at radius 1 is 1.52 bits per heavy atom. The van der Waals surface area contributed by atoms with Crippen LogP contribution in [0.25, 0.3) is 0 Å². The molecule has 3 nitrogen and oxygen atoms in total. The summed E-state index contributed by atoms with van der Waals surface area (Å²) in [4.78, 5) is 14.4. The first-order valence-electron chi connectivity index (χ1n) is 8.07. The lowest BCUT2D eigenvalue weighted by molar-refractivity contribution is 0.0470. The molecule has 1 heterocycles. The number of carbonyl (C=O) groups is 1. The van der Waals surface area contributed by atoms with Gasteiger partial charge in [-0.05, 0) is 50.2 Å². The monoisotopic (exact) mass is 309 g/mol. The van der Waals surface area contributed by atoms with E-state index in [4.69, 9.17) is 0 Å². The van der Waals surface area contributed by atoms with Crippen molar-refractivity contribution < 1.29 is 9.90 Å². The molecule has 0 bridgehead atoms. The molecule has 0 fully saturated rings. The van der Waals surface area contributed by atoms with E-state index >= 15 is 0 Å². The van der Waals surface area contributed by atoms with Gasteiger partial charge in [0.2, 0.25) is 0 Å². The van der Waals surface area contributed by atoms with E-state index in [1.54, 1.807) is 18.3 Å². The van der Waals surface area contributed by atoms with E-state index < -0.39 is 5.60 Å². The van der Waals surface area contributed by atoms with E-state index in [1.165, 1.54) is 23.3 Å². The van der Waals surface area contributed by atoms with E-state index in [2.05, 4.69) is 18.3 Å². The molecule has 1 aromatic rings. The lowest BCUT2D eigenvalue weighted by Crippen LogP contribution is -2.40. The van der Waals surface area contributed by atoms with Crippen molar-refractivity contribution >= 4 is 17.2 Å².